The number of carbonyl (C=O) groups excluding carboxylic acids is 1. The average molecular weight is 283 g/mol. The Balaban J connectivity index is 1.91. The molecule has 0 spiro atoms. The van der Waals surface area contributed by atoms with Crippen molar-refractivity contribution in [2.24, 2.45) is 5.92 Å². The molecule has 1 fully saturated rings. The van der Waals surface area contributed by atoms with E-state index in [9.17, 15) is 9.18 Å². The van der Waals surface area contributed by atoms with Crippen LogP contribution in [-0.4, -0.2) is 17.5 Å². The van der Waals surface area contributed by atoms with E-state index in [0.717, 1.165) is 5.56 Å². The topological polar surface area (TPSA) is 26.3 Å². The highest BCUT2D eigenvalue weighted by molar-refractivity contribution is 6.22. The number of ether oxygens (including phenoxy) is 1. The molecule has 0 N–H and O–H groups in total. The molecule has 102 valence electrons. The lowest BCUT2D eigenvalue weighted by atomic mass is 9.84. The molecule has 19 heavy (non-hydrogen) atoms. The van der Waals surface area contributed by atoms with Gasteiger partial charge in [-0.15, -0.1) is 11.6 Å². The zero-order valence-corrected chi connectivity index (χ0v) is 11.3. The summed E-state index contributed by atoms with van der Waals surface area (Å²) in [6.07, 6.45) is -0.713. The van der Waals surface area contributed by atoms with Gasteiger partial charge in [0.05, 0.1) is 11.3 Å². The summed E-state index contributed by atoms with van der Waals surface area (Å²) in [6.45, 7) is 3.85. The molecule has 1 aliphatic rings. The molecule has 4 heteroatoms. The zero-order chi connectivity index (χ0) is 13.8. The van der Waals surface area contributed by atoms with E-state index in [2.05, 4.69) is 6.58 Å². The zero-order valence-electron chi connectivity index (χ0n) is 10.5. The number of esters is 1. The fraction of sp³-hybridized carbons (Fsp3) is 0.400. The predicted molar refractivity (Wildman–Crippen MR) is 72.6 cm³/mol. The maximum absolute atomic E-state index is 13.4. The summed E-state index contributed by atoms with van der Waals surface area (Å²) in [5, 5.41) is -0.524. The second-order valence-electron chi connectivity index (χ2n) is 4.78. The van der Waals surface area contributed by atoms with Gasteiger partial charge in [0.25, 0.3) is 0 Å². The molecule has 0 saturated heterocycles. The highest BCUT2D eigenvalue weighted by Gasteiger charge is 2.37. The summed E-state index contributed by atoms with van der Waals surface area (Å²) in [5.74, 6) is -0.873. The van der Waals surface area contributed by atoms with Crippen LogP contribution < -0.4 is 0 Å². The molecule has 3 atom stereocenters. The highest BCUT2D eigenvalue weighted by atomic mass is 35.5. The van der Waals surface area contributed by atoms with Crippen molar-refractivity contribution in [2.75, 3.05) is 0 Å². The van der Waals surface area contributed by atoms with E-state index in [0.29, 0.717) is 5.57 Å². The van der Waals surface area contributed by atoms with Crippen LogP contribution >= 0.6 is 11.6 Å². The van der Waals surface area contributed by atoms with Gasteiger partial charge in [0.15, 0.2) is 0 Å². The standard InChI is InChI=1S/C15H16ClFO2/c1-10-7-12(13(16)8-14(10)17)15(18)19-9-11-5-3-2-4-6-11/h2-6,12-14H,1,7-9H2. The monoisotopic (exact) mass is 282 g/mol. The normalized spacial score (nSPS) is 27.1. The first-order valence-electron chi connectivity index (χ1n) is 6.24. The third kappa shape index (κ3) is 3.57. The van der Waals surface area contributed by atoms with Gasteiger partial charge >= 0.3 is 5.97 Å². The van der Waals surface area contributed by atoms with Crippen LogP contribution in [0.5, 0.6) is 0 Å². The number of rotatable bonds is 3. The van der Waals surface area contributed by atoms with Crippen LogP contribution in [0.4, 0.5) is 4.39 Å². The quantitative estimate of drug-likeness (QED) is 0.481. The van der Waals surface area contributed by atoms with Gasteiger partial charge in [-0.25, -0.2) is 4.39 Å². The molecule has 1 aliphatic carbocycles. The SMILES string of the molecule is C=C1CC(C(=O)OCc2ccccc2)C(Cl)CC1F. The molecular formula is C15H16ClFO2. The molecule has 1 aromatic rings. The number of allylic oxidation sites excluding steroid dienone is 1. The number of carbonyl (C=O) groups is 1. The highest BCUT2D eigenvalue weighted by Crippen LogP contribution is 2.34. The second-order valence-corrected chi connectivity index (χ2v) is 5.34. The van der Waals surface area contributed by atoms with E-state index in [1.165, 1.54) is 0 Å². The molecular weight excluding hydrogens is 267 g/mol. The Hall–Kier alpha value is -1.35. The van der Waals surface area contributed by atoms with E-state index < -0.39 is 17.5 Å². The van der Waals surface area contributed by atoms with Crippen LogP contribution in [0.15, 0.2) is 42.5 Å². The lowest BCUT2D eigenvalue weighted by Crippen LogP contribution is -2.34. The minimum absolute atomic E-state index is 0.130. The summed E-state index contributed by atoms with van der Waals surface area (Å²) < 4.78 is 18.6. The summed E-state index contributed by atoms with van der Waals surface area (Å²) in [6, 6.07) is 9.41. The van der Waals surface area contributed by atoms with Gasteiger partial charge in [-0.2, -0.15) is 0 Å². The third-order valence-corrected chi connectivity index (χ3v) is 3.80. The van der Waals surface area contributed by atoms with Crippen molar-refractivity contribution in [1.29, 1.82) is 0 Å². The number of halogens is 2. The van der Waals surface area contributed by atoms with Crippen molar-refractivity contribution in [3.63, 3.8) is 0 Å². The maximum atomic E-state index is 13.4. The van der Waals surface area contributed by atoms with Gasteiger partial charge in [-0.1, -0.05) is 36.9 Å². The van der Waals surface area contributed by atoms with Gasteiger partial charge in [-0.05, 0) is 24.0 Å². The molecule has 1 aromatic carbocycles. The molecule has 0 amide bonds. The Labute approximate surface area is 117 Å². The van der Waals surface area contributed by atoms with Crippen molar-refractivity contribution in [3.8, 4) is 0 Å². The average Bonchev–Trinajstić information content (AvgIpc) is 2.41. The molecule has 2 nitrogen and oxygen atoms in total. The van der Waals surface area contributed by atoms with E-state index >= 15 is 0 Å². The van der Waals surface area contributed by atoms with Crippen LogP contribution in [0.2, 0.25) is 0 Å². The minimum Gasteiger partial charge on any atom is -0.461 e. The van der Waals surface area contributed by atoms with Crippen LogP contribution in [0, 0.1) is 5.92 Å². The van der Waals surface area contributed by atoms with Crippen LogP contribution in [0.3, 0.4) is 0 Å². The number of hydrogen-bond donors (Lipinski definition) is 0. The molecule has 0 aromatic heterocycles. The van der Waals surface area contributed by atoms with Crippen molar-refractivity contribution in [2.45, 2.75) is 31.0 Å². The van der Waals surface area contributed by atoms with Gasteiger partial charge in [0, 0.05) is 0 Å². The Bertz CT molecular complexity index is 460. The van der Waals surface area contributed by atoms with E-state index in [-0.39, 0.29) is 25.4 Å². The summed E-state index contributed by atoms with van der Waals surface area (Å²) >= 11 is 6.04. The first kappa shape index (κ1) is 14.1. The van der Waals surface area contributed by atoms with Gasteiger partial charge in [-0.3, -0.25) is 4.79 Å². The van der Waals surface area contributed by atoms with E-state index in [1.54, 1.807) is 0 Å². The van der Waals surface area contributed by atoms with Crippen molar-refractivity contribution >= 4 is 17.6 Å². The van der Waals surface area contributed by atoms with Crippen molar-refractivity contribution in [3.05, 3.63) is 48.0 Å². The molecule has 1 saturated carbocycles. The number of benzene rings is 1. The predicted octanol–water partition coefficient (Wildman–Crippen LogP) is 3.64. The summed E-state index contributed by atoms with van der Waals surface area (Å²) in [7, 11) is 0. The molecule has 2 rings (SSSR count). The van der Waals surface area contributed by atoms with E-state index in [4.69, 9.17) is 16.3 Å². The molecule has 3 unspecified atom stereocenters. The maximum Gasteiger partial charge on any atom is 0.311 e. The summed E-state index contributed by atoms with van der Waals surface area (Å²) in [4.78, 5) is 12.0. The molecule has 0 heterocycles. The van der Waals surface area contributed by atoms with Gasteiger partial charge in [0.2, 0.25) is 0 Å². The second kappa shape index (κ2) is 6.20. The van der Waals surface area contributed by atoms with Gasteiger partial charge in [0.1, 0.15) is 12.8 Å². The van der Waals surface area contributed by atoms with Gasteiger partial charge < -0.3 is 4.74 Å². The fourth-order valence-electron chi connectivity index (χ4n) is 2.13. The smallest absolute Gasteiger partial charge is 0.311 e. The Morgan fingerprint density at radius 3 is 2.79 bits per heavy atom. The Morgan fingerprint density at radius 2 is 2.11 bits per heavy atom. The van der Waals surface area contributed by atoms with Crippen LogP contribution in [0.1, 0.15) is 18.4 Å². The Morgan fingerprint density at radius 1 is 1.42 bits per heavy atom. The first-order chi connectivity index (χ1) is 9.08. The first-order valence-corrected chi connectivity index (χ1v) is 6.68. The number of alkyl halides is 2. The van der Waals surface area contributed by atoms with Crippen LogP contribution in [-0.2, 0) is 16.1 Å². The van der Waals surface area contributed by atoms with Crippen molar-refractivity contribution in [1.82, 2.24) is 0 Å². The van der Waals surface area contributed by atoms with Crippen molar-refractivity contribution < 1.29 is 13.9 Å². The lowest BCUT2D eigenvalue weighted by Gasteiger charge is -2.29. The largest absolute Gasteiger partial charge is 0.461 e. The molecule has 0 radical (unpaired) electrons. The fourth-order valence-corrected chi connectivity index (χ4v) is 2.48. The third-order valence-electron chi connectivity index (χ3n) is 3.32. The number of hydrogen-bond acceptors (Lipinski definition) is 2. The van der Waals surface area contributed by atoms with E-state index in [1.807, 2.05) is 30.3 Å². The lowest BCUT2D eigenvalue weighted by molar-refractivity contribution is -0.150. The molecule has 0 bridgehead atoms. The minimum atomic E-state index is -1.11. The van der Waals surface area contributed by atoms with Crippen LogP contribution in [0.25, 0.3) is 0 Å². The Kier molecular flexibility index (Phi) is 4.59. The molecule has 0 aliphatic heterocycles. The summed E-state index contributed by atoms with van der Waals surface area (Å²) in [5.41, 5.74) is 1.35.